The number of amides is 1. The van der Waals surface area contributed by atoms with E-state index in [9.17, 15) is 9.18 Å². The van der Waals surface area contributed by atoms with Crippen molar-refractivity contribution in [1.82, 2.24) is 15.5 Å². The molecule has 1 aromatic rings. The second-order valence-electron chi connectivity index (χ2n) is 6.15. The molecule has 1 aromatic carbocycles. The lowest BCUT2D eigenvalue weighted by molar-refractivity contribution is 0.0950. The van der Waals surface area contributed by atoms with E-state index in [1.165, 1.54) is 25.0 Å². The first-order valence-electron chi connectivity index (χ1n) is 8.64. The number of hydrogen-bond donors (Lipinski definition) is 2. The maximum atomic E-state index is 13.5. The molecule has 1 amide bonds. The van der Waals surface area contributed by atoms with Gasteiger partial charge in [-0.2, -0.15) is 0 Å². The first kappa shape index (κ1) is 22.6. The van der Waals surface area contributed by atoms with Crippen molar-refractivity contribution in [3.63, 3.8) is 0 Å². The lowest BCUT2D eigenvalue weighted by Gasteiger charge is -2.22. The molecule has 1 aliphatic carbocycles. The number of aliphatic imine (C=N–C) groups is 1. The third-order valence-corrected chi connectivity index (χ3v) is 4.01. The number of carbonyl (C=O) groups excluding carboxylic acids is 1. The molecule has 8 heteroatoms. The van der Waals surface area contributed by atoms with Gasteiger partial charge in [-0.05, 0) is 30.9 Å². The van der Waals surface area contributed by atoms with Gasteiger partial charge in [0, 0.05) is 40.3 Å². The molecule has 0 aliphatic heterocycles. The maximum absolute atomic E-state index is 13.5. The van der Waals surface area contributed by atoms with Gasteiger partial charge in [-0.1, -0.05) is 12.1 Å². The number of hydrogen-bond acceptors (Lipinski definition) is 3. The Labute approximate surface area is 171 Å². The molecule has 0 aromatic heterocycles. The van der Waals surface area contributed by atoms with Crippen LogP contribution in [-0.2, 0) is 4.74 Å². The lowest BCUT2D eigenvalue weighted by Crippen LogP contribution is -2.43. The van der Waals surface area contributed by atoms with Gasteiger partial charge in [-0.15, -0.1) is 24.0 Å². The number of guanidine groups is 1. The van der Waals surface area contributed by atoms with Gasteiger partial charge in [-0.25, -0.2) is 4.39 Å². The minimum absolute atomic E-state index is 0. The summed E-state index contributed by atoms with van der Waals surface area (Å²) in [6, 6.07) is 5.93. The number of carbonyl (C=O) groups is 1. The van der Waals surface area contributed by atoms with Gasteiger partial charge < -0.3 is 20.3 Å². The van der Waals surface area contributed by atoms with Gasteiger partial charge in [0.2, 0.25) is 0 Å². The predicted molar refractivity (Wildman–Crippen MR) is 112 cm³/mol. The highest BCUT2D eigenvalue weighted by molar-refractivity contribution is 14.0. The molecular weight excluding hydrogens is 450 g/mol. The van der Waals surface area contributed by atoms with Gasteiger partial charge in [-0.3, -0.25) is 9.79 Å². The van der Waals surface area contributed by atoms with E-state index in [4.69, 9.17) is 4.74 Å². The third-order valence-electron chi connectivity index (χ3n) is 4.01. The summed E-state index contributed by atoms with van der Waals surface area (Å²) in [6.45, 7) is 3.13. The molecule has 0 unspecified atom stereocenters. The fourth-order valence-corrected chi connectivity index (χ4v) is 2.32. The van der Waals surface area contributed by atoms with E-state index in [-0.39, 0.29) is 29.5 Å². The fourth-order valence-electron chi connectivity index (χ4n) is 2.32. The van der Waals surface area contributed by atoms with Gasteiger partial charge in [0.05, 0.1) is 12.2 Å². The van der Waals surface area contributed by atoms with E-state index in [0.29, 0.717) is 19.7 Å². The van der Waals surface area contributed by atoms with Crippen LogP contribution >= 0.6 is 24.0 Å². The van der Waals surface area contributed by atoms with E-state index in [1.807, 2.05) is 11.9 Å². The highest BCUT2D eigenvalue weighted by atomic mass is 127. The van der Waals surface area contributed by atoms with Crippen LogP contribution in [-0.4, -0.2) is 63.7 Å². The Balaban J connectivity index is 0.00000338. The molecular formula is C18H28FIN4O2. The Hall–Kier alpha value is -1.42. The van der Waals surface area contributed by atoms with Crippen LogP contribution in [0.2, 0.25) is 0 Å². The standard InChI is InChI=1S/C18H27FN4O2.HI/c1-20-18(23(2)11-12-25-13-14-7-8-14)22-10-9-21-17(24)15-5-3-4-6-16(15)19;/h3-6,14H,7-13H2,1-2H3,(H,20,22)(H,21,24);1H. The summed E-state index contributed by atoms with van der Waals surface area (Å²) in [4.78, 5) is 18.1. The number of benzene rings is 1. The first-order chi connectivity index (χ1) is 12.1. The van der Waals surface area contributed by atoms with Crippen LogP contribution in [0, 0.1) is 11.7 Å². The summed E-state index contributed by atoms with van der Waals surface area (Å²) in [5, 5.41) is 5.85. The van der Waals surface area contributed by atoms with Crippen LogP contribution in [0.3, 0.4) is 0 Å². The summed E-state index contributed by atoms with van der Waals surface area (Å²) in [5.74, 6) is 0.558. The monoisotopic (exact) mass is 478 g/mol. The van der Waals surface area contributed by atoms with Crippen LogP contribution in [0.1, 0.15) is 23.2 Å². The number of nitrogens with one attached hydrogen (secondary N) is 2. The second-order valence-corrected chi connectivity index (χ2v) is 6.15. The topological polar surface area (TPSA) is 66.0 Å². The summed E-state index contributed by atoms with van der Waals surface area (Å²) in [5.41, 5.74) is 0.0526. The van der Waals surface area contributed by atoms with E-state index in [2.05, 4.69) is 15.6 Å². The summed E-state index contributed by atoms with van der Waals surface area (Å²) in [6.07, 6.45) is 2.58. The normalized spacial score (nSPS) is 13.7. The quantitative estimate of drug-likeness (QED) is 0.247. The zero-order valence-corrected chi connectivity index (χ0v) is 17.7. The Kier molecular flexibility index (Phi) is 10.5. The Morgan fingerprint density at radius 3 is 2.65 bits per heavy atom. The SMILES string of the molecule is CN=C(NCCNC(=O)c1ccccc1F)N(C)CCOCC1CC1.I. The fraction of sp³-hybridized carbons (Fsp3) is 0.556. The van der Waals surface area contributed by atoms with Crippen molar-refractivity contribution in [3.05, 3.63) is 35.6 Å². The number of halogens is 2. The predicted octanol–water partition coefficient (Wildman–Crippen LogP) is 2.11. The first-order valence-corrected chi connectivity index (χ1v) is 8.64. The third kappa shape index (κ3) is 7.86. The average molecular weight is 478 g/mol. The van der Waals surface area contributed by atoms with E-state index in [0.717, 1.165) is 25.0 Å². The van der Waals surface area contributed by atoms with Crippen LogP contribution in [0.25, 0.3) is 0 Å². The molecule has 0 radical (unpaired) electrons. The molecule has 0 heterocycles. The largest absolute Gasteiger partial charge is 0.379 e. The highest BCUT2D eigenvalue weighted by Gasteiger charge is 2.21. The van der Waals surface area contributed by atoms with Crippen LogP contribution < -0.4 is 10.6 Å². The summed E-state index contributed by atoms with van der Waals surface area (Å²) in [7, 11) is 3.65. The van der Waals surface area contributed by atoms with Crippen molar-refractivity contribution in [2.75, 3.05) is 46.9 Å². The number of ether oxygens (including phenoxy) is 1. The Bertz CT molecular complexity index is 596. The molecule has 2 N–H and O–H groups in total. The highest BCUT2D eigenvalue weighted by Crippen LogP contribution is 2.28. The van der Waals surface area contributed by atoms with Crippen LogP contribution in [0.4, 0.5) is 4.39 Å². The molecule has 26 heavy (non-hydrogen) atoms. The van der Waals surface area contributed by atoms with Gasteiger partial charge in [0.25, 0.3) is 5.91 Å². The smallest absolute Gasteiger partial charge is 0.254 e. The van der Waals surface area contributed by atoms with E-state index >= 15 is 0 Å². The lowest BCUT2D eigenvalue weighted by atomic mass is 10.2. The van der Waals surface area contributed by atoms with Crippen molar-refractivity contribution in [3.8, 4) is 0 Å². The van der Waals surface area contributed by atoms with Crippen molar-refractivity contribution in [1.29, 1.82) is 0 Å². The molecule has 1 saturated carbocycles. The number of rotatable bonds is 9. The maximum Gasteiger partial charge on any atom is 0.254 e. The minimum Gasteiger partial charge on any atom is -0.379 e. The minimum atomic E-state index is -0.519. The van der Waals surface area contributed by atoms with Crippen molar-refractivity contribution < 1.29 is 13.9 Å². The van der Waals surface area contributed by atoms with Gasteiger partial charge in [0.1, 0.15) is 5.82 Å². The van der Waals surface area contributed by atoms with E-state index < -0.39 is 11.7 Å². The summed E-state index contributed by atoms with van der Waals surface area (Å²) < 4.78 is 19.1. The molecule has 2 rings (SSSR count). The van der Waals surface area contributed by atoms with Gasteiger partial charge >= 0.3 is 0 Å². The molecule has 0 atom stereocenters. The molecule has 6 nitrogen and oxygen atoms in total. The van der Waals surface area contributed by atoms with Crippen molar-refractivity contribution in [2.24, 2.45) is 10.9 Å². The number of nitrogens with zero attached hydrogens (tertiary/aromatic N) is 2. The van der Waals surface area contributed by atoms with Gasteiger partial charge in [0.15, 0.2) is 5.96 Å². The molecule has 1 fully saturated rings. The molecule has 0 spiro atoms. The Morgan fingerprint density at radius 2 is 2.00 bits per heavy atom. The molecule has 0 saturated heterocycles. The summed E-state index contributed by atoms with van der Waals surface area (Å²) >= 11 is 0. The second kappa shape index (κ2) is 12.1. The molecule has 0 bridgehead atoms. The average Bonchev–Trinajstić information content (AvgIpc) is 3.43. The zero-order valence-electron chi connectivity index (χ0n) is 15.3. The van der Waals surface area contributed by atoms with Crippen LogP contribution in [0.15, 0.2) is 29.3 Å². The van der Waals surface area contributed by atoms with Crippen LogP contribution in [0.5, 0.6) is 0 Å². The zero-order chi connectivity index (χ0) is 18.1. The van der Waals surface area contributed by atoms with Crippen molar-refractivity contribution in [2.45, 2.75) is 12.8 Å². The Morgan fingerprint density at radius 1 is 1.31 bits per heavy atom. The van der Waals surface area contributed by atoms with E-state index in [1.54, 1.807) is 19.2 Å². The van der Waals surface area contributed by atoms with Crippen molar-refractivity contribution >= 4 is 35.8 Å². The molecule has 146 valence electrons. The molecule has 1 aliphatic rings. The number of likely N-dealkylation sites (N-methyl/N-ethyl adjacent to an activating group) is 1.